The molecule has 4 aromatic rings. The van der Waals surface area contributed by atoms with Crippen LogP contribution in [0, 0.1) is 10.1 Å². The number of fused-ring (bicyclic) bond motifs is 2. The van der Waals surface area contributed by atoms with Gasteiger partial charge in [0.1, 0.15) is 18.8 Å². The number of hydrogen-bond acceptors (Lipinski definition) is 7. The number of imidazole rings is 1. The summed E-state index contributed by atoms with van der Waals surface area (Å²) in [5.41, 5.74) is 0.242. The number of nitro groups is 1. The summed E-state index contributed by atoms with van der Waals surface area (Å²) in [6.45, 7) is 1.64. The Balaban J connectivity index is 1.57. The highest BCUT2D eigenvalue weighted by Crippen LogP contribution is 2.26. The lowest BCUT2D eigenvalue weighted by Gasteiger charge is -2.11. The Hall–Kier alpha value is -3.59. The van der Waals surface area contributed by atoms with E-state index in [1.54, 1.807) is 31.2 Å². The van der Waals surface area contributed by atoms with Gasteiger partial charge < -0.3 is 14.9 Å². The molecule has 0 aliphatic heterocycles. The van der Waals surface area contributed by atoms with Crippen LogP contribution >= 0.6 is 11.3 Å². The van der Waals surface area contributed by atoms with Crippen LogP contribution in [0.3, 0.4) is 0 Å². The van der Waals surface area contributed by atoms with Crippen LogP contribution in [-0.4, -0.2) is 27.1 Å². The Kier molecular flexibility index (Phi) is 4.81. The first-order valence-electron chi connectivity index (χ1n) is 8.74. The molecule has 0 radical (unpaired) electrons. The van der Waals surface area contributed by atoms with E-state index in [1.165, 1.54) is 22.2 Å². The molecule has 146 valence electrons. The Labute approximate surface area is 168 Å². The van der Waals surface area contributed by atoms with Gasteiger partial charge in [-0.15, -0.1) is 11.3 Å². The fraction of sp³-hybridized carbons (Fsp3) is 0.150. The molecular weight excluding hydrogens is 394 g/mol. The first kappa shape index (κ1) is 18.8. The lowest BCUT2D eigenvalue weighted by Crippen LogP contribution is -2.16. The van der Waals surface area contributed by atoms with Crippen molar-refractivity contribution in [3.05, 3.63) is 80.9 Å². The number of hydrogen-bond donors (Lipinski definition) is 0. The van der Waals surface area contributed by atoms with Crippen LogP contribution in [0.15, 0.2) is 59.8 Å². The van der Waals surface area contributed by atoms with Crippen molar-refractivity contribution in [3.8, 4) is 0 Å². The molecule has 2 heterocycles. The van der Waals surface area contributed by atoms with E-state index in [4.69, 9.17) is 4.74 Å². The van der Waals surface area contributed by atoms with E-state index in [9.17, 15) is 19.7 Å². The SMILES string of the molecule is CC(COC(=O)c1ccc2c(=O)c3ccccc3sc2c1)n1cncc1[N+](=O)[O-]. The molecule has 0 aliphatic carbocycles. The second kappa shape index (κ2) is 7.44. The van der Waals surface area contributed by atoms with E-state index >= 15 is 0 Å². The Morgan fingerprint density at radius 1 is 1.24 bits per heavy atom. The van der Waals surface area contributed by atoms with Gasteiger partial charge in [-0.05, 0) is 42.2 Å². The molecule has 1 atom stereocenters. The summed E-state index contributed by atoms with van der Waals surface area (Å²) in [5.74, 6) is -0.731. The van der Waals surface area contributed by atoms with E-state index in [2.05, 4.69) is 4.98 Å². The lowest BCUT2D eigenvalue weighted by atomic mass is 10.1. The van der Waals surface area contributed by atoms with Gasteiger partial charge >= 0.3 is 11.8 Å². The molecular formula is C20H15N3O5S. The van der Waals surface area contributed by atoms with Crippen molar-refractivity contribution in [3.63, 3.8) is 0 Å². The standard InChI is InChI=1S/C20H15N3O5S/c1-12(22-11-21-9-18(22)23(26)27)10-28-20(25)13-6-7-15-17(8-13)29-16-5-3-2-4-14(16)19(15)24/h2-9,11-12H,10H2,1H3. The average Bonchev–Trinajstić information content (AvgIpc) is 3.22. The number of nitrogens with zero attached hydrogens (tertiary/aromatic N) is 3. The molecule has 0 bridgehead atoms. The molecule has 1 unspecified atom stereocenters. The largest absolute Gasteiger partial charge is 0.458 e. The Morgan fingerprint density at radius 2 is 2.00 bits per heavy atom. The topological polar surface area (TPSA) is 104 Å². The maximum absolute atomic E-state index is 12.6. The van der Waals surface area contributed by atoms with Crippen LogP contribution in [0.4, 0.5) is 5.82 Å². The van der Waals surface area contributed by atoms with Gasteiger partial charge in [-0.2, -0.15) is 0 Å². The molecule has 0 spiro atoms. The van der Waals surface area contributed by atoms with E-state index in [-0.39, 0.29) is 17.9 Å². The fourth-order valence-corrected chi connectivity index (χ4v) is 4.18. The molecule has 0 N–H and O–H groups in total. The molecule has 0 saturated heterocycles. The van der Waals surface area contributed by atoms with Gasteiger partial charge in [0.25, 0.3) is 0 Å². The molecule has 0 aliphatic rings. The Bertz CT molecular complexity index is 1310. The number of ether oxygens (including phenoxy) is 1. The fourth-order valence-electron chi connectivity index (χ4n) is 3.07. The minimum atomic E-state index is -0.561. The number of carbonyl (C=O) groups excluding carboxylic acids is 1. The number of esters is 1. The lowest BCUT2D eigenvalue weighted by molar-refractivity contribution is -0.392. The first-order chi connectivity index (χ1) is 14.0. The maximum atomic E-state index is 12.6. The summed E-state index contributed by atoms with van der Waals surface area (Å²) in [6.07, 6.45) is 2.48. The molecule has 0 fully saturated rings. The van der Waals surface area contributed by atoms with Gasteiger partial charge in [0.05, 0.1) is 5.56 Å². The molecule has 29 heavy (non-hydrogen) atoms. The van der Waals surface area contributed by atoms with Crippen LogP contribution in [0.2, 0.25) is 0 Å². The summed E-state index contributed by atoms with van der Waals surface area (Å²) in [6, 6.07) is 11.7. The Morgan fingerprint density at radius 3 is 2.79 bits per heavy atom. The van der Waals surface area contributed by atoms with Crippen molar-refractivity contribution in [1.29, 1.82) is 0 Å². The summed E-state index contributed by atoms with van der Waals surface area (Å²) in [4.78, 5) is 39.3. The number of rotatable bonds is 5. The van der Waals surface area contributed by atoms with Crippen molar-refractivity contribution in [1.82, 2.24) is 9.55 Å². The molecule has 2 aromatic carbocycles. The van der Waals surface area contributed by atoms with Gasteiger partial charge in [-0.25, -0.2) is 14.3 Å². The normalized spacial score (nSPS) is 12.2. The summed E-state index contributed by atoms with van der Waals surface area (Å²) in [7, 11) is 0. The highest BCUT2D eigenvalue weighted by Gasteiger charge is 2.21. The van der Waals surface area contributed by atoms with Crippen LogP contribution in [0.5, 0.6) is 0 Å². The molecule has 2 aromatic heterocycles. The molecule has 0 saturated carbocycles. The van der Waals surface area contributed by atoms with Gasteiger partial charge in [0.15, 0.2) is 11.8 Å². The van der Waals surface area contributed by atoms with Gasteiger partial charge in [-0.1, -0.05) is 12.1 Å². The van der Waals surface area contributed by atoms with Gasteiger partial charge in [0, 0.05) is 20.2 Å². The van der Waals surface area contributed by atoms with Gasteiger partial charge in [0.2, 0.25) is 0 Å². The van der Waals surface area contributed by atoms with Crippen molar-refractivity contribution < 1.29 is 14.5 Å². The summed E-state index contributed by atoms with van der Waals surface area (Å²) >= 11 is 1.43. The number of aromatic nitrogens is 2. The molecule has 4 rings (SSSR count). The van der Waals surface area contributed by atoms with Crippen LogP contribution < -0.4 is 5.43 Å². The van der Waals surface area contributed by atoms with Gasteiger partial charge in [-0.3, -0.25) is 4.79 Å². The highest BCUT2D eigenvalue weighted by atomic mass is 32.1. The quantitative estimate of drug-likeness (QED) is 0.214. The minimum absolute atomic E-state index is 0.0535. The second-order valence-corrected chi connectivity index (χ2v) is 7.59. The monoisotopic (exact) mass is 409 g/mol. The predicted molar refractivity (Wildman–Crippen MR) is 109 cm³/mol. The van der Waals surface area contributed by atoms with E-state index < -0.39 is 16.9 Å². The second-order valence-electron chi connectivity index (χ2n) is 6.50. The third kappa shape index (κ3) is 3.47. The minimum Gasteiger partial charge on any atom is -0.458 e. The van der Waals surface area contributed by atoms with E-state index in [1.807, 2.05) is 18.2 Å². The molecule has 8 nitrogen and oxygen atoms in total. The molecule has 9 heteroatoms. The highest BCUT2D eigenvalue weighted by molar-refractivity contribution is 7.24. The van der Waals surface area contributed by atoms with Crippen molar-refractivity contribution in [2.24, 2.45) is 0 Å². The van der Waals surface area contributed by atoms with E-state index in [0.29, 0.717) is 21.0 Å². The van der Waals surface area contributed by atoms with Crippen LogP contribution in [0.25, 0.3) is 20.2 Å². The van der Waals surface area contributed by atoms with Crippen LogP contribution in [0.1, 0.15) is 23.3 Å². The third-order valence-electron chi connectivity index (χ3n) is 4.58. The summed E-state index contributed by atoms with van der Waals surface area (Å²) < 4.78 is 8.21. The van der Waals surface area contributed by atoms with Crippen molar-refractivity contribution in [2.45, 2.75) is 13.0 Å². The van der Waals surface area contributed by atoms with Crippen LogP contribution in [-0.2, 0) is 4.74 Å². The maximum Gasteiger partial charge on any atom is 0.342 e. The third-order valence-corrected chi connectivity index (χ3v) is 5.71. The zero-order chi connectivity index (χ0) is 20.5. The van der Waals surface area contributed by atoms with E-state index in [0.717, 1.165) is 10.9 Å². The zero-order valence-electron chi connectivity index (χ0n) is 15.3. The predicted octanol–water partition coefficient (Wildman–Crippen LogP) is 3.94. The summed E-state index contributed by atoms with van der Waals surface area (Å²) in [5, 5.41) is 12.2. The first-order valence-corrected chi connectivity index (χ1v) is 9.56. The smallest absolute Gasteiger partial charge is 0.342 e. The molecule has 0 amide bonds. The average molecular weight is 409 g/mol. The van der Waals surface area contributed by atoms with Crippen molar-refractivity contribution >= 4 is 43.3 Å². The number of carbonyl (C=O) groups is 1. The van der Waals surface area contributed by atoms with Crippen molar-refractivity contribution in [2.75, 3.05) is 6.61 Å². The number of benzene rings is 2. The zero-order valence-corrected chi connectivity index (χ0v) is 16.1.